The molecule has 1 aromatic carbocycles. The van der Waals surface area contributed by atoms with Gasteiger partial charge in [0, 0.05) is 43.4 Å². The summed E-state index contributed by atoms with van der Waals surface area (Å²) in [4.78, 5) is 23.0. The van der Waals surface area contributed by atoms with Crippen LogP contribution in [0.2, 0.25) is 0 Å². The van der Waals surface area contributed by atoms with Gasteiger partial charge < -0.3 is 20.3 Å². The second-order valence-corrected chi connectivity index (χ2v) is 6.47. The van der Waals surface area contributed by atoms with E-state index >= 15 is 0 Å². The van der Waals surface area contributed by atoms with E-state index in [1.165, 1.54) is 0 Å². The highest BCUT2D eigenvalue weighted by Gasteiger charge is 2.11. The fraction of sp³-hybridized carbons (Fsp3) is 0.353. The summed E-state index contributed by atoms with van der Waals surface area (Å²) in [5, 5.41) is 5.99. The molecule has 134 valence electrons. The second-order valence-electron chi connectivity index (χ2n) is 5.61. The minimum absolute atomic E-state index is 0.174. The highest BCUT2D eigenvalue weighted by molar-refractivity contribution is 9.10. The van der Waals surface area contributed by atoms with Crippen LogP contribution in [0.4, 0.5) is 11.8 Å². The third-order valence-corrected chi connectivity index (χ3v) is 4.10. The van der Waals surface area contributed by atoms with Gasteiger partial charge in [-0.2, -0.15) is 4.98 Å². The number of halogens is 1. The number of ether oxygens (including phenoxy) is 1. The number of anilines is 2. The number of methoxy groups -OCH3 is 1. The van der Waals surface area contributed by atoms with Crippen molar-refractivity contribution in [2.45, 2.75) is 6.92 Å². The Morgan fingerprint density at radius 2 is 2.00 bits per heavy atom. The SMILES string of the molecule is COc1ccc(Br)c(C(=O)NCCNc2nc(C)cc(N(C)C)n2)c1. The molecule has 0 aliphatic heterocycles. The Morgan fingerprint density at radius 3 is 2.68 bits per heavy atom. The average molecular weight is 408 g/mol. The van der Waals surface area contributed by atoms with E-state index in [0.29, 0.717) is 30.4 Å². The fourth-order valence-electron chi connectivity index (χ4n) is 2.11. The molecule has 0 fully saturated rings. The first-order valence-electron chi connectivity index (χ1n) is 7.79. The normalized spacial score (nSPS) is 10.3. The van der Waals surface area contributed by atoms with E-state index in [2.05, 4.69) is 36.5 Å². The maximum atomic E-state index is 12.3. The lowest BCUT2D eigenvalue weighted by Crippen LogP contribution is -2.29. The van der Waals surface area contributed by atoms with Crippen molar-refractivity contribution in [1.82, 2.24) is 15.3 Å². The third kappa shape index (κ3) is 5.32. The van der Waals surface area contributed by atoms with Gasteiger partial charge in [-0.05, 0) is 41.1 Å². The van der Waals surface area contributed by atoms with Crippen LogP contribution in [0.3, 0.4) is 0 Å². The smallest absolute Gasteiger partial charge is 0.252 e. The molecule has 0 unspecified atom stereocenters. The van der Waals surface area contributed by atoms with E-state index in [-0.39, 0.29) is 5.91 Å². The van der Waals surface area contributed by atoms with Crippen molar-refractivity contribution in [1.29, 1.82) is 0 Å². The van der Waals surface area contributed by atoms with Gasteiger partial charge in [0.15, 0.2) is 0 Å². The van der Waals surface area contributed by atoms with E-state index < -0.39 is 0 Å². The molecule has 7 nitrogen and oxygen atoms in total. The Bertz CT molecular complexity index is 752. The molecule has 1 aromatic heterocycles. The Labute approximate surface area is 155 Å². The number of benzene rings is 1. The van der Waals surface area contributed by atoms with Crippen molar-refractivity contribution in [2.24, 2.45) is 0 Å². The molecule has 0 aliphatic rings. The lowest BCUT2D eigenvalue weighted by molar-refractivity contribution is 0.0954. The molecular formula is C17H22BrN5O2. The number of carbonyl (C=O) groups is 1. The molecule has 0 saturated carbocycles. The number of aromatic nitrogens is 2. The molecule has 1 amide bonds. The Balaban J connectivity index is 1.90. The molecule has 2 rings (SSSR count). The summed E-state index contributed by atoms with van der Waals surface area (Å²) in [5.41, 5.74) is 1.41. The molecule has 0 aliphatic carbocycles. The van der Waals surface area contributed by atoms with Crippen LogP contribution in [0.15, 0.2) is 28.7 Å². The summed E-state index contributed by atoms with van der Waals surface area (Å²) < 4.78 is 5.87. The standard InChI is InChI=1S/C17H22BrN5O2/c1-11-9-15(23(2)3)22-17(21-11)20-8-7-19-16(24)13-10-12(25-4)5-6-14(13)18/h5-6,9-10H,7-8H2,1-4H3,(H,19,24)(H,20,21,22). The molecule has 8 heteroatoms. The number of aryl methyl sites for hydroxylation is 1. The van der Waals surface area contributed by atoms with Crippen LogP contribution >= 0.6 is 15.9 Å². The van der Waals surface area contributed by atoms with Gasteiger partial charge in [-0.15, -0.1) is 0 Å². The van der Waals surface area contributed by atoms with Gasteiger partial charge >= 0.3 is 0 Å². The summed E-state index contributed by atoms with van der Waals surface area (Å²) in [7, 11) is 5.42. The summed E-state index contributed by atoms with van der Waals surface area (Å²) in [6, 6.07) is 7.18. The minimum Gasteiger partial charge on any atom is -0.497 e. The number of rotatable bonds is 7. The summed E-state index contributed by atoms with van der Waals surface area (Å²) in [6.45, 7) is 2.88. The second kappa shape index (κ2) is 8.66. The Morgan fingerprint density at radius 1 is 1.24 bits per heavy atom. The zero-order valence-electron chi connectivity index (χ0n) is 14.8. The summed E-state index contributed by atoms with van der Waals surface area (Å²) in [6.07, 6.45) is 0. The van der Waals surface area contributed by atoms with Crippen LogP contribution < -0.4 is 20.3 Å². The zero-order chi connectivity index (χ0) is 18.4. The number of hydrogen-bond acceptors (Lipinski definition) is 6. The first-order valence-corrected chi connectivity index (χ1v) is 8.58. The summed E-state index contributed by atoms with van der Waals surface area (Å²) >= 11 is 3.38. The lowest BCUT2D eigenvalue weighted by Gasteiger charge is -2.14. The van der Waals surface area contributed by atoms with Gasteiger partial charge in [-0.3, -0.25) is 4.79 Å². The molecule has 0 saturated heterocycles. The number of nitrogens with one attached hydrogen (secondary N) is 2. The van der Waals surface area contributed by atoms with E-state index in [1.807, 2.05) is 32.0 Å². The molecule has 2 N–H and O–H groups in total. The van der Waals surface area contributed by atoms with Gasteiger partial charge in [0.1, 0.15) is 11.6 Å². The van der Waals surface area contributed by atoms with Crippen molar-refractivity contribution < 1.29 is 9.53 Å². The maximum absolute atomic E-state index is 12.3. The van der Waals surface area contributed by atoms with Crippen molar-refractivity contribution in [3.63, 3.8) is 0 Å². The van der Waals surface area contributed by atoms with Crippen LogP contribution in [0.5, 0.6) is 5.75 Å². The first kappa shape index (κ1) is 19.0. The monoisotopic (exact) mass is 407 g/mol. The fourth-order valence-corrected chi connectivity index (χ4v) is 2.54. The molecular weight excluding hydrogens is 386 g/mol. The van der Waals surface area contributed by atoms with Crippen LogP contribution in [0, 0.1) is 6.92 Å². The molecule has 1 heterocycles. The number of hydrogen-bond donors (Lipinski definition) is 2. The quantitative estimate of drug-likeness (QED) is 0.686. The number of amides is 1. The van der Waals surface area contributed by atoms with Crippen molar-refractivity contribution in [3.05, 3.63) is 40.0 Å². The molecule has 0 radical (unpaired) electrons. The average Bonchev–Trinajstić information content (AvgIpc) is 2.58. The Hall–Kier alpha value is -2.35. The van der Waals surface area contributed by atoms with Gasteiger partial charge in [0.2, 0.25) is 5.95 Å². The summed E-state index contributed by atoms with van der Waals surface area (Å²) in [5.74, 6) is 1.84. The first-order chi connectivity index (χ1) is 11.9. The lowest BCUT2D eigenvalue weighted by atomic mass is 10.2. The van der Waals surface area contributed by atoms with E-state index in [4.69, 9.17) is 4.74 Å². The maximum Gasteiger partial charge on any atom is 0.252 e. The van der Waals surface area contributed by atoms with Crippen LogP contribution in [-0.4, -0.2) is 50.2 Å². The van der Waals surface area contributed by atoms with E-state index in [1.54, 1.807) is 25.3 Å². The Kier molecular flexibility index (Phi) is 6.58. The van der Waals surface area contributed by atoms with Gasteiger partial charge in [0.05, 0.1) is 12.7 Å². The highest BCUT2D eigenvalue weighted by atomic mass is 79.9. The molecule has 0 spiro atoms. The van der Waals surface area contributed by atoms with Crippen LogP contribution in [0.1, 0.15) is 16.1 Å². The molecule has 25 heavy (non-hydrogen) atoms. The van der Waals surface area contributed by atoms with Gasteiger partial charge in [-0.25, -0.2) is 4.98 Å². The minimum atomic E-state index is -0.174. The molecule has 0 atom stereocenters. The van der Waals surface area contributed by atoms with Gasteiger partial charge in [0.25, 0.3) is 5.91 Å². The number of carbonyl (C=O) groups excluding carboxylic acids is 1. The molecule has 2 aromatic rings. The van der Waals surface area contributed by atoms with Crippen molar-refractivity contribution in [3.8, 4) is 5.75 Å². The third-order valence-electron chi connectivity index (χ3n) is 3.41. The van der Waals surface area contributed by atoms with Crippen LogP contribution in [-0.2, 0) is 0 Å². The van der Waals surface area contributed by atoms with Gasteiger partial charge in [-0.1, -0.05) is 0 Å². The predicted molar refractivity (Wildman–Crippen MR) is 103 cm³/mol. The predicted octanol–water partition coefficient (Wildman–Crippen LogP) is 2.46. The van der Waals surface area contributed by atoms with Crippen LogP contribution in [0.25, 0.3) is 0 Å². The largest absolute Gasteiger partial charge is 0.497 e. The van der Waals surface area contributed by atoms with E-state index in [9.17, 15) is 4.79 Å². The highest BCUT2D eigenvalue weighted by Crippen LogP contribution is 2.22. The topological polar surface area (TPSA) is 79.4 Å². The van der Waals surface area contributed by atoms with Crippen molar-refractivity contribution >= 4 is 33.6 Å². The van der Waals surface area contributed by atoms with Crippen molar-refractivity contribution in [2.75, 3.05) is 44.5 Å². The zero-order valence-corrected chi connectivity index (χ0v) is 16.3. The number of nitrogens with zero attached hydrogens (tertiary/aromatic N) is 3. The molecule has 0 bridgehead atoms. The van der Waals surface area contributed by atoms with E-state index in [0.717, 1.165) is 16.0 Å².